The molecule has 0 saturated carbocycles. The van der Waals surface area contributed by atoms with Gasteiger partial charge in [-0.2, -0.15) is 5.26 Å². The van der Waals surface area contributed by atoms with Gasteiger partial charge in [0.2, 0.25) is 5.82 Å². The van der Waals surface area contributed by atoms with Crippen LogP contribution in [0.15, 0.2) is 60.8 Å². The average Bonchev–Trinajstić information content (AvgIpc) is 2.76. The zero-order valence-electron chi connectivity index (χ0n) is 16.1. The van der Waals surface area contributed by atoms with Gasteiger partial charge in [0.15, 0.2) is 17.7 Å². The third kappa shape index (κ3) is 5.30. The number of ether oxygens (including phenoxy) is 2. The van der Waals surface area contributed by atoms with Crippen LogP contribution in [0.1, 0.15) is 12.5 Å². The summed E-state index contributed by atoms with van der Waals surface area (Å²) in [6.07, 6.45) is 0.341. The van der Waals surface area contributed by atoms with E-state index >= 15 is 0 Å². The second kappa shape index (κ2) is 9.32. The van der Waals surface area contributed by atoms with Crippen molar-refractivity contribution in [1.82, 2.24) is 4.98 Å². The summed E-state index contributed by atoms with van der Waals surface area (Å²) in [5, 5.41) is 22.2. The van der Waals surface area contributed by atoms with Crippen LogP contribution < -0.4 is 14.8 Å². The molecule has 156 valence electrons. The Morgan fingerprint density at radius 1 is 1.23 bits per heavy atom. The minimum Gasteiger partial charge on any atom is -0.481 e. The van der Waals surface area contributed by atoms with Gasteiger partial charge in [-0.05, 0) is 55.5 Å². The van der Waals surface area contributed by atoms with Crippen LogP contribution in [0.25, 0.3) is 0 Å². The second-order valence-electron chi connectivity index (χ2n) is 6.21. The fourth-order valence-corrected chi connectivity index (χ4v) is 2.48. The number of halogens is 1. The molecule has 3 aromatic rings. The molecule has 0 bridgehead atoms. The number of nitro groups is 1. The molecule has 0 aliphatic carbocycles. The van der Waals surface area contributed by atoms with Crippen LogP contribution in [0, 0.1) is 27.3 Å². The molecule has 31 heavy (non-hydrogen) atoms. The van der Waals surface area contributed by atoms with Gasteiger partial charge < -0.3 is 14.8 Å². The largest absolute Gasteiger partial charge is 0.481 e. The van der Waals surface area contributed by atoms with Gasteiger partial charge in [0.1, 0.15) is 11.5 Å². The Bertz CT molecular complexity index is 1160. The van der Waals surface area contributed by atoms with Gasteiger partial charge >= 0.3 is 5.69 Å². The lowest BCUT2D eigenvalue weighted by Crippen LogP contribution is -2.30. The Hall–Kier alpha value is -4.52. The van der Waals surface area contributed by atoms with Crippen molar-refractivity contribution in [3.63, 3.8) is 0 Å². The van der Waals surface area contributed by atoms with Crippen molar-refractivity contribution in [3.05, 3.63) is 82.3 Å². The summed E-state index contributed by atoms with van der Waals surface area (Å²) in [5.74, 6) is -0.878. The molecular formula is C21H15FN4O5. The molecule has 0 fully saturated rings. The first-order valence-corrected chi connectivity index (χ1v) is 8.92. The van der Waals surface area contributed by atoms with Crippen LogP contribution in [-0.2, 0) is 4.79 Å². The monoisotopic (exact) mass is 422 g/mol. The molecular weight excluding hydrogens is 407 g/mol. The Balaban J connectivity index is 1.62. The number of amides is 1. The minimum absolute atomic E-state index is 0.0441. The SMILES string of the molecule is CC(Oc1ccc(Oc2ccc(C#N)cc2F)cc1)C(=O)Nc1ncccc1[N+](=O)[O-]. The number of aromatic nitrogens is 1. The molecule has 1 aromatic heterocycles. The first-order valence-electron chi connectivity index (χ1n) is 8.92. The fraction of sp³-hybridized carbons (Fsp3) is 0.0952. The number of anilines is 1. The number of hydrogen-bond acceptors (Lipinski definition) is 7. The first kappa shape index (κ1) is 21.2. The molecule has 0 spiro atoms. The normalized spacial score (nSPS) is 11.1. The second-order valence-corrected chi connectivity index (χ2v) is 6.21. The number of pyridine rings is 1. The van der Waals surface area contributed by atoms with Crippen molar-refractivity contribution >= 4 is 17.4 Å². The van der Waals surface area contributed by atoms with Crippen molar-refractivity contribution in [3.8, 4) is 23.3 Å². The topological polar surface area (TPSA) is 127 Å². The van der Waals surface area contributed by atoms with Crippen molar-refractivity contribution < 1.29 is 23.6 Å². The first-order chi connectivity index (χ1) is 14.9. The number of nitrogens with zero attached hydrogens (tertiary/aromatic N) is 3. The highest BCUT2D eigenvalue weighted by molar-refractivity contribution is 5.94. The zero-order chi connectivity index (χ0) is 22.4. The number of hydrogen-bond donors (Lipinski definition) is 1. The molecule has 1 atom stereocenters. The highest BCUT2D eigenvalue weighted by atomic mass is 19.1. The van der Waals surface area contributed by atoms with Gasteiger partial charge in [0.25, 0.3) is 5.91 Å². The summed E-state index contributed by atoms with van der Waals surface area (Å²) in [6.45, 7) is 1.47. The van der Waals surface area contributed by atoms with Crippen LogP contribution >= 0.6 is 0 Å². The third-order valence-electron chi connectivity index (χ3n) is 4.02. The fourth-order valence-electron chi connectivity index (χ4n) is 2.48. The number of nitriles is 1. The molecule has 0 aliphatic rings. The number of carbonyl (C=O) groups excluding carboxylic acids is 1. The van der Waals surface area contributed by atoms with Gasteiger partial charge in [-0.15, -0.1) is 0 Å². The molecule has 0 aliphatic heterocycles. The standard InChI is InChI=1S/C21H15FN4O5/c1-13(21(27)25-20-18(26(28)29)3-2-10-24-20)30-15-5-7-16(8-6-15)31-19-9-4-14(12-23)11-17(19)22/h2-11,13H,1H3,(H,24,25,27). The lowest BCUT2D eigenvalue weighted by Gasteiger charge is -2.15. The van der Waals surface area contributed by atoms with Gasteiger partial charge in [0.05, 0.1) is 16.6 Å². The summed E-state index contributed by atoms with van der Waals surface area (Å²) < 4.78 is 24.9. The maximum atomic E-state index is 13.9. The van der Waals surface area contributed by atoms with Crippen LogP contribution in [0.2, 0.25) is 0 Å². The van der Waals surface area contributed by atoms with E-state index in [1.807, 2.05) is 6.07 Å². The molecule has 0 radical (unpaired) electrons. The van der Waals surface area contributed by atoms with E-state index in [1.54, 1.807) is 0 Å². The average molecular weight is 422 g/mol. The van der Waals surface area contributed by atoms with E-state index < -0.39 is 22.8 Å². The summed E-state index contributed by atoms with van der Waals surface area (Å²) in [5.41, 5.74) is -0.156. The number of carbonyl (C=O) groups is 1. The van der Waals surface area contributed by atoms with E-state index in [0.717, 1.165) is 6.07 Å². The molecule has 3 rings (SSSR count). The van der Waals surface area contributed by atoms with Crippen LogP contribution in [0.3, 0.4) is 0 Å². The van der Waals surface area contributed by atoms with Gasteiger partial charge in [-0.3, -0.25) is 14.9 Å². The van der Waals surface area contributed by atoms with Crippen molar-refractivity contribution in [1.29, 1.82) is 5.26 Å². The minimum atomic E-state index is -0.982. The number of benzene rings is 2. The molecule has 1 heterocycles. The summed E-state index contributed by atoms with van der Waals surface area (Å²) in [4.78, 5) is 26.5. The highest BCUT2D eigenvalue weighted by Crippen LogP contribution is 2.27. The molecule has 1 N–H and O–H groups in total. The molecule has 9 nitrogen and oxygen atoms in total. The van der Waals surface area contributed by atoms with Crippen LogP contribution in [-0.4, -0.2) is 21.9 Å². The lowest BCUT2D eigenvalue weighted by molar-refractivity contribution is -0.384. The molecule has 0 saturated heterocycles. The summed E-state index contributed by atoms with van der Waals surface area (Å²) in [7, 11) is 0. The quantitative estimate of drug-likeness (QED) is 0.446. The van der Waals surface area contributed by atoms with E-state index in [0.29, 0.717) is 11.5 Å². The predicted molar refractivity (Wildman–Crippen MR) is 107 cm³/mol. The lowest BCUT2D eigenvalue weighted by atomic mass is 10.2. The molecule has 10 heteroatoms. The zero-order valence-corrected chi connectivity index (χ0v) is 16.1. The van der Waals surface area contributed by atoms with E-state index in [1.165, 1.54) is 61.7 Å². The molecule has 1 unspecified atom stereocenters. The van der Waals surface area contributed by atoms with Crippen LogP contribution in [0.4, 0.5) is 15.9 Å². The van der Waals surface area contributed by atoms with E-state index in [-0.39, 0.29) is 22.8 Å². The Morgan fingerprint density at radius 2 is 1.94 bits per heavy atom. The van der Waals surface area contributed by atoms with E-state index in [4.69, 9.17) is 14.7 Å². The van der Waals surface area contributed by atoms with Crippen molar-refractivity contribution in [2.24, 2.45) is 0 Å². The van der Waals surface area contributed by atoms with Crippen LogP contribution in [0.5, 0.6) is 17.2 Å². The van der Waals surface area contributed by atoms with Crippen molar-refractivity contribution in [2.45, 2.75) is 13.0 Å². The molecule has 2 aromatic carbocycles. The maximum absolute atomic E-state index is 13.9. The molecule has 1 amide bonds. The van der Waals surface area contributed by atoms with Gasteiger partial charge in [0, 0.05) is 12.3 Å². The van der Waals surface area contributed by atoms with E-state index in [2.05, 4.69) is 10.3 Å². The van der Waals surface area contributed by atoms with Gasteiger partial charge in [-0.1, -0.05) is 0 Å². The number of rotatable bonds is 7. The Kier molecular flexibility index (Phi) is 6.37. The Labute approximate surface area is 175 Å². The third-order valence-corrected chi connectivity index (χ3v) is 4.02. The summed E-state index contributed by atoms with van der Waals surface area (Å²) in [6, 6.07) is 14.4. The maximum Gasteiger partial charge on any atom is 0.311 e. The Morgan fingerprint density at radius 3 is 2.58 bits per heavy atom. The predicted octanol–water partition coefficient (Wildman–Crippen LogP) is 4.20. The van der Waals surface area contributed by atoms with Crippen molar-refractivity contribution in [2.75, 3.05) is 5.32 Å². The summed E-state index contributed by atoms with van der Waals surface area (Å²) >= 11 is 0. The van der Waals surface area contributed by atoms with Gasteiger partial charge in [-0.25, -0.2) is 9.37 Å². The highest BCUT2D eigenvalue weighted by Gasteiger charge is 2.21. The van der Waals surface area contributed by atoms with E-state index in [9.17, 15) is 19.3 Å². The number of nitrogens with one attached hydrogen (secondary N) is 1. The smallest absolute Gasteiger partial charge is 0.311 e.